The molecule has 1 aromatic heterocycles. The summed E-state index contributed by atoms with van der Waals surface area (Å²) in [5.41, 5.74) is 1.29. The van der Waals surface area contributed by atoms with Crippen molar-refractivity contribution in [2.45, 2.75) is 46.1 Å². The first kappa shape index (κ1) is 29.0. The number of benzene rings is 2. The lowest BCUT2D eigenvalue weighted by Crippen LogP contribution is -2.48. The Hall–Kier alpha value is -3.01. The summed E-state index contributed by atoms with van der Waals surface area (Å²) in [5, 5.41) is 4.94. The molecule has 9 heteroatoms. The smallest absolute Gasteiger partial charge is 0.311 e. The van der Waals surface area contributed by atoms with Gasteiger partial charge in [-0.15, -0.1) is 11.3 Å². The van der Waals surface area contributed by atoms with Crippen LogP contribution in [0.15, 0.2) is 41.8 Å². The van der Waals surface area contributed by atoms with Crippen molar-refractivity contribution in [3.05, 3.63) is 47.5 Å². The molecule has 39 heavy (non-hydrogen) atoms. The van der Waals surface area contributed by atoms with Crippen LogP contribution in [0.2, 0.25) is 0 Å². The molecule has 210 valence electrons. The predicted octanol–water partition coefficient (Wildman–Crippen LogP) is 4.80. The van der Waals surface area contributed by atoms with Crippen LogP contribution in [-0.4, -0.2) is 84.8 Å². The van der Waals surface area contributed by atoms with Crippen LogP contribution in [0.4, 0.5) is 0 Å². The van der Waals surface area contributed by atoms with Crippen LogP contribution >= 0.6 is 11.3 Å². The van der Waals surface area contributed by atoms with E-state index >= 15 is 0 Å². The number of carbonyl (C=O) groups is 2. The monoisotopic (exact) mass is 553 g/mol. The maximum absolute atomic E-state index is 12.0. The highest BCUT2D eigenvalue weighted by molar-refractivity contribution is 7.13. The third-order valence-electron chi connectivity index (χ3n) is 6.45. The molecule has 8 nitrogen and oxygen atoms in total. The summed E-state index contributed by atoms with van der Waals surface area (Å²) in [6.45, 7) is 13.8. The van der Waals surface area contributed by atoms with E-state index in [9.17, 15) is 9.59 Å². The van der Waals surface area contributed by atoms with E-state index in [-0.39, 0.29) is 18.4 Å². The van der Waals surface area contributed by atoms with Gasteiger partial charge in [0, 0.05) is 55.6 Å². The molecule has 1 aliphatic rings. The third-order valence-corrected chi connectivity index (χ3v) is 7.39. The molecule has 4 rings (SSSR count). The van der Waals surface area contributed by atoms with Gasteiger partial charge in [-0.3, -0.25) is 14.5 Å². The Labute approximate surface area is 234 Å². The van der Waals surface area contributed by atoms with E-state index < -0.39 is 5.60 Å². The van der Waals surface area contributed by atoms with Crippen LogP contribution in [0.3, 0.4) is 0 Å². The molecule has 2 aromatic carbocycles. The first-order valence-corrected chi connectivity index (χ1v) is 14.5. The number of thiazole rings is 1. The van der Waals surface area contributed by atoms with E-state index in [4.69, 9.17) is 14.2 Å². The molecule has 0 spiro atoms. The number of rotatable bonds is 11. The number of esters is 2. The maximum atomic E-state index is 12.0. The van der Waals surface area contributed by atoms with E-state index in [0.717, 1.165) is 72.1 Å². The second-order valence-corrected chi connectivity index (χ2v) is 11.5. The van der Waals surface area contributed by atoms with Gasteiger partial charge in [0.05, 0.1) is 25.1 Å². The van der Waals surface area contributed by atoms with Crippen molar-refractivity contribution in [1.29, 1.82) is 0 Å². The minimum absolute atomic E-state index is 0.136. The van der Waals surface area contributed by atoms with Gasteiger partial charge < -0.3 is 19.1 Å². The standard InChI is InChI=1S/C30H39N3O5S/c1-5-36-28(35)20-24-21-39-29(31-24)23-10-9-22-7-6-8-26(25(22)19-23)37-18-17-33-15-13-32(14-16-33)12-11-27(34)38-30(2,3)4/h6-10,19,21H,5,11-18,20H2,1-4H3. The maximum Gasteiger partial charge on any atom is 0.311 e. The average Bonchev–Trinajstić information content (AvgIpc) is 3.35. The van der Waals surface area contributed by atoms with Gasteiger partial charge in [0.25, 0.3) is 0 Å². The Balaban J connectivity index is 1.28. The molecule has 0 saturated carbocycles. The number of fused-ring (bicyclic) bond motifs is 1. The summed E-state index contributed by atoms with van der Waals surface area (Å²) in [6.07, 6.45) is 0.613. The van der Waals surface area contributed by atoms with Crippen LogP contribution in [0.25, 0.3) is 21.3 Å². The van der Waals surface area contributed by atoms with Gasteiger partial charge >= 0.3 is 11.9 Å². The molecule has 0 radical (unpaired) electrons. The summed E-state index contributed by atoms with van der Waals surface area (Å²) in [7, 11) is 0. The molecule has 1 fully saturated rings. The lowest BCUT2D eigenvalue weighted by molar-refractivity contribution is -0.155. The Kier molecular flexibility index (Phi) is 9.94. The van der Waals surface area contributed by atoms with Crippen LogP contribution in [0.1, 0.15) is 39.8 Å². The zero-order chi connectivity index (χ0) is 27.8. The minimum atomic E-state index is -0.433. The van der Waals surface area contributed by atoms with E-state index in [1.54, 1.807) is 6.92 Å². The number of hydrogen-bond donors (Lipinski definition) is 0. The molecule has 0 N–H and O–H groups in total. The summed E-state index contributed by atoms with van der Waals surface area (Å²) in [5.74, 6) is 0.461. The zero-order valence-corrected chi connectivity index (χ0v) is 24.2. The fourth-order valence-corrected chi connectivity index (χ4v) is 5.36. The summed E-state index contributed by atoms with van der Waals surface area (Å²) in [4.78, 5) is 33.2. The highest BCUT2D eigenvalue weighted by atomic mass is 32.1. The second-order valence-electron chi connectivity index (χ2n) is 10.7. The molecule has 1 saturated heterocycles. The lowest BCUT2D eigenvalue weighted by Gasteiger charge is -2.34. The zero-order valence-electron chi connectivity index (χ0n) is 23.4. The largest absolute Gasteiger partial charge is 0.492 e. The molecular weight excluding hydrogens is 514 g/mol. The van der Waals surface area contributed by atoms with Crippen molar-refractivity contribution in [3.63, 3.8) is 0 Å². The van der Waals surface area contributed by atoms with Crippen molar-refractivity contribution < 1.29 is 23.8 Å². The normalized spacial score (nSPS) is 14.9. The Morgan fingerprint density at radius 2 is 1.74 bits per heavy atom. The fraction of sp³-hybridized carbons (Fsp3) is 0.500. The molecule has 0 unspecified atom stereocenters. The van der Waals surface area contributed by atoms with Crippen molar-refractivity contribution in [1.82, 2.24) is 14.8 Å². The molecule has 0 atom stereocenters. The first-order chi connectivity index (χ1) is 18.7. The Morgan fingerprint density at radius 1 is 1.00 bits per heavy atom. The molecule has 3 aromatic rings. The number of ether oxygens (including phenoxy) is 3. The topological polar surface area (TPSA) is 81.2 Å². The highest BCUT2D eigenvalue weighted by Crippen LogP contribution is 2.32. The summed E-state index contributed by atoms with van der Waals surface area (Å²) in [6, 6.07) is 12.4. The molecule has 0 amide bonds. The van der Waals surface area contributed by atoms with Gasteiger partial charge in [-0.1, -0.05) is 24.3 Å². The molecule has 1 aliphatic heterocycles. The quantitative estimate of drug-likeness (QED) is 0.314. The van der Waals surface area contributed by atoms with Crippen molar-refractivity contribution in [3.8, 4) is 16.3 Å². The van der Waals surface area contributed by atoms with Gasteiger partial charge in [-0.2, -0.15) is 0 Å². The van der Waals surface area contributed by atoms with Crippen molar-refractivity contribution in [2.24, 2.45) is 0 Å². The Morgan fingerprint density at radius 3 is 2.46 bits per heavy atom. The Bertz CT molecular complexity index is 1260. The summed E-state index contributed by atoms with van der Waals surface area (Å²) < 4.78 is 16.7. The number of piperazine rings is 1. The lowest BCUT2D eigenvalue weighted by atomic mass is 10.1. The third kappa shape index (κ3) is 8.74. The number of aromatic nitrogens is 1. The van der Waals surface area contributed by atoms with Gasteiger partial charge in [-0.25, -0.2) is 4.98 Å². The van der Waals surface area contributed by atoms with Gasteiger partial charge in [0.1, 0.15) is 23.0 Å². The molecule has 0 bridgehead atoms. The van der Waals surface area contributed by atoms with Crippen molar-refractivity contribution >= 4 is 34.0 Å². The van der Waals surface area contributed by atoms with Gasteiger partial charge in [-0.05, 0) is 45.2 Å². The van der Waals surface area contributed by atoms with E-state index in [1.165, 1.54) is 11.3 Å². The van der Waals surface area contributed by atoms with Gasteiger partial charge in [0.2, 0.25) is 0 Å². The van der Waals surface area contributed by atoms with Gasteiger partial charge in [0.15, 0.2) is 0 Å². The van der Waals surface area contributed by atoms with Crippen LogP contribution in [0, 0.1) is 0 Å². The second kappa shape index (κ2) is 13.4. The van der Waals surface area contributed by atoms with E-state index in [0.29, 0.717) is 19.6 Å². The number of nitrogens with zero attached hydrogens (tertiary/aromatic N) is 3. The molecule has 0 aliphatic carbocycles. The number of carbonyl (C=O) groups excluding carboxylic acids is 2. The summed E-state index contributed by atoms with van der Waals surface area (Å²) >= 11 is 1.53. The van der Waals surface area contributed by atoms with Crippen LogP contribution < -0.4 is 4.74 Å². The average molecular weight is 554 g/mol. The molecular formula is C30H39N3O5S. The minimum Gasteiger partial charge on any atom is -0.492 e. The van der Waals surface area contributed by atoms with Crippen molar-refractivity contribution in [2.75, 3.05) is 52.5 Å². The highest BCUT2D eigenvalue weighted by Gasteiger charge is 2.20. The van der Waals surface area contributed by atoms with Crippen LogP contribution in [-0.2, 0) is 25.5 Å². The first-order valence-electron chi connectivity index (χ1n) is 13.6. The predicted molar refractivity (Wildman–Crippen MR) is 154 cm³/mol. The number of hydrogen-bond acceptors (Lipinski definition) is 9. The van der Waals surface area contributed by atoms with Crippen LogP contribution in [0.5, 0.6) is 5.75 Å². The SMILES string of the molecule is CCOC(=O)Cc1csc(-c2ccc3cccc(OCCN4CCN(CCC(=O)OC(C)(C)C)CC4)c3c2)n1. The molecule has 2 heterocycles. The van der Waals surface area contributed by atoms with E-state index in [1.807, 2.05) is 38.3 Å². The fourth-order valence-electron chi connectivity index (χ4n) is 4.55. The van der Waals surface area contributed by atoms with E-state index in [2.05, 4.69) is 39.0 Å².